The van der Waals surface area contributed by atoms with E-state index in [9.17, 15) is 14.7 Å². The van der Waals surface area contributed by atoms with E-state index in [0.717, 1.165) is 11.8 Å². The molecule has 1 aromatic heterocycles. The number of nitrogens with zero attached hydrogens (tertiary/aromatic N) is 2. The van der Waals surface area contributed by atoms with Gasteiger partial charge in [0.15, 0.2) is 6.10 Å². The van der Waals surface area contributed by atoms with Gasteiger partial charge >= 0.3 is 5.97 Å². The second kappa shape index (κ2) is 11.1. The lowest BCUT2D eigenvalue weighted by atomic mass is 10.1. The summed E-state index contributed by atoms with van der Waals surface area (Å²) < 4.78 is 12.5. The first-order valence-electron chi connectivity index (χ1n) is 9.83. The van der Waals surface area contributed by atoms with Crippen LogP contribution in [0.4, 0.5) is 5.69 Å². The van der Waals surface area contributed by atoms with E-state index in [4.69, 9.17) is 14.9 Å². The Balaban J connectivity index is 2.04. The number of aromatic nitrogens is 2. The number of ether oxygens (including phenoxy) is 2. The van der Waals surface area contributed by atoms with Gasteiger partial charge in [0.1, 0.15) is 29.6 Å². The lowest BCUT2D eigenvalue weighted by Gasteiger charge is -2.15. The van der Waals surface area contributed by atoms with Gasteiger partial charge in [-0.1, -0.05) is 19.1 Å². The van der Waals surface area contributed by atoms with E-state index < -0.39 is 12.1 Å². The summed E-state index contributed by atoms with van der Waals surface area (Å²) in [5.41, 5.74) is 1.20. The molecule has 9 heteroatoms. The van der Waals surface area contributed by atoms with Gasteiger partial charge in [0, 0.05) is 32.7 Å². The van der Waals surface area contributed by atoms with E-state index in [-0.39, 0.29) is 24.3 Å². The Hall–Kier alpha value is -3.20. The highest BCUT2D eigenvalue weighted by Gasteiger charge is 2.18. The summed E-state index contributed by atoms with van der Waals surface area (Å²) in [5.74, 6) is 0.219. The molecule has 0 bridgehead atoms. The first kappa shape index (κ1) is 23.1. The summed E-state index contributed by atoms with van der Waals surface area (Å²) >= 11 is 0. The summed E-state index contributed by atoms with van der Waals surface area (Å²) in [6.45, 7) is 4.57. The Labute approximate surface area is 175 Å². The summed E-state index contributed by atoms with van der Waals surface area (Å²) in [6, 6.07) is 7.12. The van der Waals surface area contributed by atoms with E-state index in [1.54, 1.807) is 42.8 Å². The third kappa shape index (κ3) is 5.66. The number of aryl methyl sites for hydroxylation is 1. The molecule has 0 aliphatic heterocycles. The number of rotatable bonds is 12. The van der Waals surface area contributed by atoms with E-state index >= 15 is 0 Å². The summed E-state index contributed by atoms with van der Waals surface area (Å²) in [7, 11) is 1.62. The van der Waals surface area contributed by atoms with Gasteiger partial charge in [-0.15, -0.1) is 0 Å². The molecule has 3 N–H and O–H groups in total. The van der Waals surface area contributed by atoms with Gasteiger partial charge in [-0.05, 0) is 24.6 Å². The molecule has 0 aliphatic rings. The molecule has 1 aromatic carbocycles. The molecule has 0 radical (unpaired) electrons. The molecule has 0 amide bonds. The molecule has 0 saturated heterocycles. The van der Waals surface area contributed by atoms with Crippen molar-refractivity contribution >= 4 is 17.9 Å². The van der Waals surface area contributed by atoms with Crippen molar-refractivity contribution < 1.29 is 19.4 Å². The maximum Gasteiger partial charge on any atom is 0.333 e. The molecular formula is C21H28N4O5. The lowest BCUT2D eigenvalue weighted by Crippen LogP contribution is -2.30. The van der Waals surface area contributed by atoms with Gasteiger partial charge in [-0.25, -0.2) is 9.78 Å². The number of hydrogen-bond donors (Lipinski definition) is 3. The fraction of sp³-hybridized carbons (Fsp3) is 0.429. The topological polar surface area (TPSA) is 127 Å². The van der Waals surface area contributed by atoms with Crippen LogP contribution in [0.2, 0.25) is 0 Å². The van der Waals surface area contributed by atoms with Gasteiger partial charge in [0.25, 0.3) is 5.56 Å². The number of nitrogens with one attached hydrogen (secondary N) is 2. The van der Waals surface area contributed by atoms with Gasteiger partial charge < -0.3 is 25.3 Å². The zero-order chi connectivity index (χ0) is 22.1. The average molecular weight is 416 g/mol. The minimum absolute atomic E-state index is 0.238. The van der Waals surface area contributed by atoms with Crippen LogP contribution in [0.5, 0.6) is 5.75 Å². The Morgan fingerprint density at radius 3 is 2.57 bits per heavy atom. The largest absolute Gasteiger partial charge is 0.492 e. The maximum atomic E-state index is 12.7. The minimum atomic E-state index is -0.988. The van der Waals surface area contributed by atoms with Crippen molar-refractivity contribution in [2.75, 3.05) is 25.6 Å². The van der Waals surface area contributed by atoms with E-state index in [1.807, 2.05) is 6.92 Å². The number of benzene rings is 1. The molecule has 0 saturated carbocycles. The quantitative estimate of drug-likeness (QED) is 0.451. The van der Waals surface area contributed by atoms with Crippen LogP contribution in [0.3, 0.4) is 0 Å². The predicted octanol–water partition coefficient (Wildman–Crippen LogP) is 1.96. The third-order valence-electron chi connectivity index (χ3n) is 4.55. The van der Waals surface area contributed by atoms with Crippen LogP contribution >= 0.6 is 0 Å². The summed E-state index contributed by atoms with van der Waals surface area (Å²) in [6.07, 6.45) is 1.02. The van der Waals surface area contributed by atoms with Crippen molar-refractivity contribution in [3.8, 4) is 5.75 Å². The first-order chi connectivity index (χ1) is 14.4. The van der Waals surface area contributed by atoms with Gasteiger partial charge in [-0.2, -0.15) is 0 Å². The number of carboxylic acids is 1. The van der Waals surface area contributed by atoms with Crippen molar-refractivity contribution in [3.63, 3.8) is 0 Å². The zero-order valence-corrected chi connectivity index (χ0v) is 17.5. The number of carbonyl (C=O) groups is 1. The monoisotopic (exact) mass is 416 g/mol. The van der Waals surface area contributed by atoms with Crippen molar-refractivity contribution in [3.05, 3.63) is 51.7 Å². The van der Waals surface area contributed by atoms with Gasteiger partial charge in [-0.3, -0.25) is 9.36 Å². The molecular weight excluding hydrogens is 388 g/mol. The average Bonchev–Trinajstić information content (AvgIpc) is 2.75. The minimum Gasteiger partial charge on any atom is -0.492 e. The van der Waals surface area contributed by atoms with Crippen LogP contribution < -0.4 is 15.6 Å². The number of hydrogen-bond acceptors (Lipinski definition) is 7. The number of aliphatic carboxylic acids is 1. The standard InChI is InChI=1S/C21H28N4O5/c1-4-18-24-16(13-22)19(23-3)20(26)25(18)10-11-30-15-8-6-14(7-9-15)12-17(21(27)28)29-5-2/h6-9,13,17,22-23H,4-5,10-12H2,1-3H3,(H,27,28). The smallest absolute Gasteiger partial charge is 0.333 e. The van der Waals surface area contributed by atoms with E-state index in [0.29, 0.717) is 36.8 Å². The van der Waals surface area contributed by atoms with Crippen molar-refractivity contribution in [2.24, 2.45) is 0 Å². The molecule has 9 nitrogen and oxygen atoms in total. The van der Waals surface area contributed by atoms with Crippen molar-refractivity contribution in [1.82, 2.24) is 9.55 Å². The second-order valence-electron chi connectivity index (χ2n) is 6.47. The maximum absolute atomic E-state index is 12.7. The Kier molecular flexibility index (Phi) is 8.54. The molecule has 2 rings (SSSR count). The summed E-state index contributed by atoms with van der Waals surface area (Å²) in [4.78, 5) is 28.3. The fourth-order valence-electron chi connectivity index (χ4n) is 3.07. The zero-order valence-electron chi connectivity index (χ0n) is 17.5. The van der Waals surface area contributed by atoms with E-state index in [1.165, 1.54) is 0 Å². The Morgan fingerprint density at radius 1 is 1.33 bits per heavy atom. The second-order valence-corrected chi connectivity index (χ2v) is 6.47. The third-order valence-corrected chi connectivity index (χ3v) is 4.55. The van der Waals surface area contributed by atoms with Crippen LogP contribution in [-0.2, 0) is 28.9 Å². The number of anilines is 1. The molecule has 30 heavy (non-hydrogen) atoms. The van der Waals surface area contributed by atoms with Crippen molar-refractivity contribution in [1.29, 1.82) is 5.41 Å². The van der Waals surface area contributed by atoms with Crippen LogP contribution in [0.25, 0.3) is 0 Å². The molecule has 1 heterocycles. The molecule has 162 valence electrons. The lowest BCUT2D eigenvalue weighted by molar-refractivity contribution is -0.149. The highest BCUT2D eigenvalue weighted by molar-refractivity contribution is 5.82. The summed E-state index contributed by atoms with van der Waals surface area (Å²) in [5, 5.41) is 19.4. The van der Waals surface area contributed by atoms with Gasteiger partial charge in [0.05, 0.1) is 6.54 Å². The Bertz CT molecular complexity index is 924. The fourth-order valence-corrected chi connectivity index (χ4v) is 3.07. The normalized spacial score (nSPS) is 11.7. The SMILES string of the molecule is CCOC(Cc1ccc(OCCn2c(CC)nc(C=N)c(NC)c2=O)cc1)C(=O)O. The molecule has 2 aromatic rings. The predicted molar refractivity (Wildman–Crippen MR) is 114 cm³/mol. The highest BCUT2D eigenvalue weighted by Crippen LogP contribution is 2.15. The van der Waals surface area contributed by atoms with Gasteiger partial charge in [0.2, 0.25) is 0 Å². The van der Waals surface area contributed by atoms with Crippen LogP contribution in [-0.4, -0.2) is 53.2 Å². The van der Waals surface area contributed by atoms with Crippen molar-refractivity contribution in [2.45, 2.75) is 39.3 Å². The molecule has 0 spiro atoms. The Morgan fingerprint density at radius 2 is 2.03 bits per heavy atom. The molecule has 0 aliphatic carbocycles. The van der Waals surface area contributed by atoms with Crippen LogP contribution in [0, 0.1) is 5.41 Å². The molecule has 1 unspecified atom stereocenters. The first-order valence-corrected chi connectivity index (χ1v) is 9.83. The highest BCUT2D eigenvalue weighted by atomic mass is 16.5. The number of carboxylic acid groups (broad SMARTS) is 1. The molecule has 0 fully saturated rings. The van der Waals surface area contributed by atoms with Crippen LogP contribution in [0.15, 0.2) is 29.1 Å². The van der Waals surface area contributed by atoms with Crippen LogP contribution in [0.1, 0.15) is 30.9 Å². The van der Waals surface area contributed by atoms with E-state index in [2.05, 4.69) is 10.3 Å². The molecule has 1 atom stereocenters.